The van der Waals surface area contributed by atoms with Crippen molar-refractivity contribution >= 4 is 22.9 Å². The first kappa shape index (κ1) is 7.26. The second-order valence-corrected chi connectivity index (χ2v) is 1.99. The van der Waals surface area contributed by atoms with Crippen LogP contribution in [0.25, 0.3) is 0 Å². The standard InChI is InChI=1S/C5H8N4O2/c6-1-2(7)4(9)11-5(10)3(1)8/h6-9H2. The predicted molar refractivity (Wildman–Crippen MR) is 42.6 cm³/mol. The summed E-state index contributed by atoms with van der Waals surface area (Å²) in [6.07, 6.45) is 0. The molecule has 0 unspecified atom stereocenters. The molecule has 8 N–H and O–H groups in total. The molecule has 0 saturated heterocycles. The van der Waals surface area contributed by atoms with Gasteiger partial charge in [0.05, 0.1) is 5.69 Å². The van der Waals surface area contributed by atoms with Crippen LogP contribution >= 0.6 is 0 Å². The van der Waals surface area contributed by atoms with Gasteiger partial charge in [-0.25, -0.2) is 4.79 Å². The lowest BCUT2D eigenvalue weighted by Crippen LogP contribution is -2.14. The van der Waals surface area contributed by atoms with Crippen molar-refractivity contribution in [3.05, 3.63) is 10.4 Å². The van der Waals surface area contributed by atoms with Crippen LogP contribution in [-0.2, 0) is 0 Å². The highest BCUT2D eigenvalue weighted by Crippen LogP contribution is 2.23. The van der Waals surface area contributed by atoms with Gasteiger partial charge in [-0.15, -0.1) is 0 Å². The van der Waals surface area contributed by atoms with Crippen LogP contribution in [0.4, 0.5) is 22.9 Å². The van der Waals surface area contributed by atoms with E-state index in [-0.39, 0.29) is 22.9 Å². The molecule has 0 aliphatic carbocycles. The van der Waals surface area contributed by atoms with Crippen molar-refractivity contribution in [3.8, 4) is 0 Å². The Balaban J connectivity index is 3.59. The van der Waals surface area contributed by atoms with Crippen molar-refractivity contribution in [2.24, 2.45) is 0 Å². The highest BCUT2D eigenvalue weighted by atomic mass is 16.4. The van der Waals surface area contributed by atoms with Crippen LogP contribution in [0.1, 0.15) is 0 Å². The van der Waals surface area contributed by atoms with Crippen molar-refractivity contribution in [2.75, 3.05) is 22.9 Å². The smallest absolute Gasteiger partial charge is 0.363 e. The molecular weight excluding hydrogens is 148 g/mol. The van der Waals surface area contributed by atoms with Gasteiger partial charge in [-0.1, -0.05) is 0 Å². The van der Waals surface area contributed by atoms with Gasteiger partial charge in [0.15, 0.2) is 0 Å². The number of nitrogens with two attached hydrogens (primary N) is 4. The van der Waals surface area contributed by atoms with Gasteiger partial charge in [-0.3, -0.25) is 0 Å². The van der Waals surface area contributed by atoms with Gasteiger partial charge in [0.25, 0.3) is 0 Å². The monoisotopic (exact) mass is 156 g/mol. The second-order valence-electron chi connectivity index (χ2n) is 1.99. The second kappa shape index (κ2) is 2.08. The van der Waals surface area contributed by atoms with Crippen molar-refractivity contribution in [3.63, 3.8) is 0 Å². The molecule has 0 atom stereocenters. The maximum atomic E-state index is 10.7. The maximum absolute atomic E-state index is 10.7. The van der Waals surface area contributed by atoms with Gasteiger partial charge in [-0.2, -0.15) is 0 Å². The van der Waals surface area contributed by atoms with Gasteiger partial charge in [0, 0.05) is 0 Å². The highest BCUT2D eigenvalue weighted by Gasteiger charge is 2.09. The lowest BCUT2D eigenvalue weighted by Gasteiger charge is -2.02. The number of hydrogen-bond donors (Lipinski definition) is 4. The van der Waals surface area contributed by atoms with E-state index in [1.807, 2.05) is 0 Å². The number of hydrogen-bond acceptors (Lipinski definition) is 6. The zero-order chi connectivity index (χ0) is 8.59. The summed E-state index contributed by atoms with van der Waals surface area (Å²) >= 11 is 0. The molecule has 1 aromatic heterocycles. The van der Waals surface area contributed by atoms with Crippen LogP contribution in [0, 0.1) is 0 Å². The highest BCUT2D eigenvalue weighted by molar-refractivity contribution is 5.81. The van der Waals surface area contributed by atoms with E-state index < -0.39 is 5.63 Å². The molecule has 11 heavy (non-hydrogen) atoms. The molecule has 0 fully saturated rings. The van der Waals surface area contributed by atoms with Crippen LogP contribution in [0.2, 0.25) is 0 Å². The fourth-order valence-electron chi connectivity index (χ4n) is 0.598. The first-order valence-electron chi connectivity index (χ1n) is 2.77. The van der Waals surface area contributed by atoms with E-state index in [4.69, 9.17) is 22.9 Å². The molecule has 60 valence electrons. The predicted octanol–water partition coefficient (Wildman–Crippen LogP) is -1.03. The average molecular weight is 156 g/mol. The summed E-state index contributed by atoms with van der Waals surface area (Å²) < 4.78 is 4.41. The van der Waals surface area contributed by atoms with Crippen molar-refractivity contribution < 1.29 is 4.42 Å². The Hall–Kier alpha value is -1.85. The topological polar surface area (TPSA) is 134 Å². The zero-order valence-corrected chi connectivity index (χ0v) is 5.63. The Morgan fingerprint density at radius 2 is 1.45 bits per heavy atom. The molecule has 0 radical (unpaired) electrons. The minimum atomic E-state index is -0.769. The first-order chi connectivity index (χ1) is 5.04. The van der Waals surface area contributed by atoms with Crippen molar-refractivity contribution in [2.45, 2.75) is 0 Å². The minimum Gasteiger partial charge on any atom is -0.403 e. The summed E-state index contributed by atoms with van der Waals surface area (Å²) in [5.74, 6) is -0.207. The van der Waals surface area contributed by atoms with Crippen LogP contribution in [0.15, 0.2) is 9.21 Å². The largest absolute Gasteiger partial charge is 0.403 e. The quantitative estimate of drug-likeness (QED) is 0.379. The molecule has 6 nitrogen and oxygen atoms in total. The van der Waals surface area contributed by atoms with Crippen LogP contribution < -0.4 is 28.6 Å². The summed E-state index contributed by atoms with van der Waals surface area (Å²) in [6, 6.07) is 0. The number of nitrogen functional groups attached to an aromatic ring is 4. The number of rotatable bonds is 0. The van der Waals surface area contributed by atoms with Gasteiger partial charge in [0.2, 0.25) is 5.88 Å². The molecule has 0 bridgehead atoms. The Morgan fingerprint density at radius 1 is 0.909 bits per heavy atom. The maximum Gasteiger partial charge on any atom is 0.363 e. The van der Waals surface area contributed by atoms with E-state index in [0.29, 0.717) is 0 Å². The zero-order valence-electron chi connectivity index (χ0n) is 5.63. The molecule has 0 aliphatic heterocycles. The first-order valence-corrected chi connectivity index (χ1v) is 2.77. The summed E-state index contributed by atoms with van der Waals surface area (Å²) in [6.45, 7) is 0. The normalized spacial score (nSPS) is 9.82. The summed E-state index contributed by atoms with van der Waals surface area (Å²) in [5, 5.41) is 0. The third-order valence-electron chi connectivity index (χ3n) is 1.27. The molecular formula is C5H8N4O2. The minimum absolute atomic E-state index is 0.00194. The summed E-state index contributed by atoms with van der Waals surface area (Å²) in [4.78, 5) is 10.7. The molecule has 6 heteroatoms. The fourth-order valence-corrected chi connectivity index (χ4v) is 0.598. The molecule has 0 aromatic carbocycles. The lowest BCUT2D eigenvalue weighted by molar-refractivity contribution is 0.537. The molecule has 1 rings (SSSR count). The van der Waals surface area contributed by atoms with E-state index in [0.717, 1.165) is 0 Å². The van der Waals surface area contributed by atoms with Crippen molar-refractivity contribution in [1.29, 1.82) is 0 Å². The Bertz CT molecular complexity index is 343. The van der Waals surface area contributed by atoms with Crippen LogP contribution in [-0.4, -0.2) is 0 Å². The molecule has 0 spiro atoms. The Kier molecular flexibility index (Phi) is 1.37. The molecule has 1 heterocycles. The van der Waals surface area contributed by atoms with E-state index >= 15 is 0 Å². The Morgan fingerprint density at radius 3 is 2.00 bits per heavy atom. The number of anilines is 4. The van der Waals surface area contributed by atoms with Gasteiger partial charge < -0.3 is 27.4 Å². The molecule has 0 saturated carbocycles. The molecule has 0 amide bonds. The fraction of sp³-hybridized carbons (Fsp3) is 0. The Labute approximate surface area is 61.8 Å². The van der Waals surface area contributed by atoms with E-state index in [1.165, 1.54) is 0 Å². The van der Waals surface area contributed by atoms with Crippen LogP contribution in [0.3, 0.4) is 0 Å². The molecule has 1 aromatic rings. The van der Waals surface area contributed by atoms with Crippen molar-refractivity contribution in [1.82, 2.24) is 0 Å². The summed E-state index contributed by atoms with van der Waals surface area (Å²) in [5.41, 5.74) is 19.9. The average Bonchev–Trinajstić information content (AvgIpc) is 1.97. The SMILES string of the molecule is Nc1oc(=O)c(N)c(N)c1N. The third kappa shape index (κ3) is 0.936. The van der Waals surface area contributed by atoms with Gasteiger partial charge in [0.1, 0.15) is 11.4 Å². The van der Waals surface area contributed by atoms with Crippen LogP contribution in [0.5, 0.6) is 0 Å². The van der Waals surface area contributed by atoms with Gasteiger partial charge >= 0.3 is 5.63 Å². The van der Waals surface area contributed by atoms with Gasteiger partial charge in [-0.05, 0) is 0 Å². The third-order valence-corrected chi connectivity index (χ3v) is 1.27. The van der Waals surface area contributed by atoms with E-state index in [2.05, 4.69) is 4.42 Å². The van der Waals surface area contributed by atoms with E-state index in [9.17, 15) is 4.79 Å². The molecule has 0 aliphatic rings. The van der Waals surface area contributed by atoms with E-state index in [1.54, 1.807) is 0 Å². The lowest BCUT2D eigenvalue weighted by atomic mass is 10.3. The summed E-state index contributed by atoms with van der Waals surface area (Å²) in [7, 11) is 0.